The molecule has 0 N–H and O–H groups in total. The van der Waals surface area contributed by atoms with Crippen molar-refractivity contribution < 1.29 is 0 Å². The fraction of sp³-hybridized carbons (Fsp3) is 0. The predicted octanol–water partition coefficient (Wildman–Crippen LogP) is 1.79. The van der Waals surface area contributed by atoms with Crippen molar-refractivity contribution in [3.05, 3.63) is 41.2 Å². The van der Waals surface area contributed by atoms with Gasteiger partial charge in [0.25, 0.3) is 0 Å². The van der Waals surface area contributed by atoms with Gasteiger partial charge in [0.05, 0.1) is 34.7 Å². The summed E-state index contributed by atoms with van der Waals surface area (Å²) in [5.41, 5.74) is 1.20. The highest BCUT2D eigenvalue weighted by Crippen LogP contribution is 2.20. The Labute approximate surface area is 85.3 Å². The molecular weight excluding hydrogens is 200 g/mol. The van der Waals surface area contributed by atoms with Crippen molar-refractivity contribution in [2.24, 2.45) is 0 Å². The molecule has 2 rings (SSSR count). The van der Waals surface area contributed by atoms with Gasteiger partial charge in [0.15, 0.2) is 0 Å². The molecule has 0 aliphatic carbocycles. The first-order valence-electron chi connectivity index (χ1n) is 3.87. The van der Waals surface area contributed by atoms with E-state index in [0.717, 1.165) is 0 Å². The number of rotatable bonds is 1. The monoisotopic (exact) mass is 204 g/mol. The Morgan fingerprint density at radius 2 is 2.29 bits per heavy atom. The van der Waals surface area contributed by atoms with Gasteiger partial charge in [-0.2, -0.15) is 5.26 Å². The molecule has 0 aliphatic rings. The van der Waals surface area contributed by atoms with Crippen molar-refractivity contribution >= 4 is 11.6 Å². The van der Waals surface area contributed by atoms with Gasteiger partial charge in [0.2, 0.25) is 0 Å². The van der Waals surface area contributed by atoms with Crippen molar-refractivity contribution in [1.82, 2.24) is 15.0 Å². The van der Waals surface area contributed by atoms with Crippen LogP contribution >= 0.6 is 11.6 Å². The Kier molecular flexibility index (Phi) is 2.17. The molecule has 0 aliphatic heterocycles. The molecule has 0 radical (unpaired) electrons. The average molecular weight is 205 g/mol. The van der Waals surface area contributed by atoms with Crippen LogP contribution in [0.15, 0.2) is 30.6 Å². The molecule has 0 atom stereocenters. The zero-order valence-corrected chi connectivity index (χ0v) is 7.81. The van der Waals surface area contributed by atoms with Gasteiger partial charge in [-0.1, -0.05) is 16.8 Å². The number of nitriles is 1. The van der Waals surface area contributed by atoms with Gasteiger partial charge < -0.3 is 0 Å². The normalized spacial score (nSPS) is 9.71. The smallest absolute Gasteiger partial charge is 0.0992 e. The lowest BCUT2D eigenvalue weighted by atomic mass is 10.2. The van der Waals surface area contributed by atoms with Gasteiger partial charge in [-0.3, -0.25) is 0 Å². The van der Waals surface area contributed by atoms with Crippen molar-refractivity contribution in [3.63, 3.8) is 0 Å². The summed E-state index contributed by atoms with van der Waals surface area (Å²) in [6, 6.07) is 7.02. The quantitative estimate of drug-likeness (QED) is 0.712. The van der Waals surface area contributed by atoms with Gasteiger partial charge in [-0.25, -0.2) is 4.68 Å². The van der Waals surface area contributed by atoms with E-state index < -0.39 is 0 Å². The van der Waals surface area contributed by atoms with Crippen LogP contribution < -0.4 is 0 Å². The summed E-state index contributed by atoms with van der Waals surface area (Å²) in [7, 11) is 0. The molecule has 14 heavy (non-hydrogen) atoms. The Bertz CT molecular complexity index is 484. The van der Waals surface area contributed by atoms with Gasteiger partial charge in [-0.15, -0.1) is 5.10 Å². The number of hydrogen-bond donors (Lipinski definition) is 0. The second-order valence-corrected chi connectivity index (χ2v) is 3.03. The minimum Gasteiger partial charge on any atom is -0.219 e. The summed E-state index contributed by atoms with van der Waals surface area (Å²) in [5.74, 6) is 0. The van der Waals surface area contributed by atoms with Crippen LogP contribution in [0.5, 0.6) is 0 Å². The molecule has 0 saturated heterocycles. The second kappa shape index (κ2) is 3.48. The number of nitrogens with zero attached hydrogens (tertiary/aromatic N) is 4. The Morgan fingerprint density at radius 1 is 1.43 bits per heavy atom. The number of benzene rings is 1. The minimum atomic E-state index is 0.537. The zero-order valence-electron chi connectivity index (χ0n) is 7.05. The average Bonchev–Trinajstić information content (AvgIpc) is 2.71. The van der Waals surface area contributed by atoms with E-state index in [2.05, 4.69) is 10.3 Å². The molecule has 0 saturated carbocycles. The highest BCUT2D eigenvalue weighted by Gasteiger charge is 2.04. The first kappa shape index (κ1) is 8.73. The Hall–Kier alpha value is -1.86. The van der Waals surface area contributed by atoms with Crippen molar-refractivity contribution in [2.45, 2.75) is 0 Å². The molecule has 0 spiro atoms. The number of halogens is 1. The molecule has 0 unspecified atom stereocenters. The minimum absolute atomic E-state index is 0.537. The lowest BCUT2D eigenvalue weighted by Crippen LogP contribution is -1.96. The standard InChI is InChI=1S/C9H5ClN4/c10-8-2-1-7(6-11)5-9(8)14-4-3-12-13-14/h1-5H. The van der Waals surface area contributed by atoms with E-state index in [4.69, 9.17) is 16.9 Å². The summed E-state index contributed by atoms with van der Waals surface area (Å²) < 4.78 is 1.52. The third-order valence-electron chi connectivity index (χ3n) is 1.74. The van der Waals surface area contributed by atoms with Crippen molar-refractivity contribution in [2.75, 3.05) is 0 Å². The molecule has 1 aromatic heterocycles. The van der Waals surface area contributed by atoms with E-state index in [1.165, 1.54) is 4.68 Å². The van der Waals surface area contributed by atoms with Crippen molar-refractivity contribution in [3.8, 4) is 11.8 Å². The fourth-order valence-electron chi connectivity index (χ4n) is 1.09. The van der Waals surface area contributed by atoms with Gasteiger partial charge in [0, 0.05) is 0 Å². The van der Waals surface area contributed by atoms with E-state index in [1.54, 1.807) is 30.6 Å². The highest BCUT2D eigenvalue weighted by molar-refractivity contribution is 6.32. The Balaban J connectivity index is 2.58. The van der Waals surface area contributed by atoms with Crippen LogP contribution in [0.2, 0.25) is 5.02 Å². The molecule has 0 amide bonds. The summed E-state index contributed by atoms with van der Waals surface area (Å²) >= 11 is 5.95. The molecule has 4 nitrogen and oxygen atoms in total. The van der Waals surface area contributed by atoms with Crippen LogP contribution in [0.1, 0.15) is 5.56 Å². The predicted molar refractivity (Wildman–Crippen MR) is 51.1 cm³/mol. The lowest BCUT2D eigenvalue weighted by Gasteiger charge is -2.02. The van der Waals surface area contributed by atoms with Crippen LogP contribution in [0, 0.1) is 11.3 Å². The van der Waals surface area contributed by atoms with E-state index in [9.17, 15) is 0 Å². The van der Waals surface area contributed by atoms with Crippen LogP contribution in [-0.4, -0.2) is 15.0 Å². The van der Waals surface area contributed by atoms with E-state index >= 15 is 0 Å². The molecule has 2 aromatic rings. The summed E-state index contributed by atoms with van der Waals surface area (Å²) in [5, 5.41) is 16.7. The highest BCUT2D eigenvalue weighted by atomic mass is 35.5. The van der Waals surface area contributed by atoms with Gasteiger partial charge in [0.1, 0.15) is 0 Å². The van der Waals surface area contributed by atoms with E-state index in [-0.39, 0.29) is 0 Å². The third-order valence-corrected chi connectivity index (χ3v) is 2.06. The van der Waals surface area contributed by atoms with E-state index in [1.807, 2.05) is 6.07 Å². The number of hydrogen-bond acceptors (Lipinski definition) is 3. The van der Waals surface area contributed by atoms with E-state index in [0.29, 0.717) is 16.3 Å². The van der Waals surface area contributed by atoms with Gasteiger partial charge in [-0.05, 0) is 18.2 Å². The second-order valence-electron chi connectivity index (χ2n) is 2.63. The maximum atomic E-state index is 8.71. The van der Waals surface area contributed by atoms with Crippen LogP contribution in [0.3, 0.4) is 0 Å². The largest absolute Gasteiger partial charge is 0.219 e. The molecule has 68 valence electrons. The summed E-state index contributed by atoms with van der Waals surface area (Å²) in [4.78, 5) is 0. The van der Waals surface area contributed by atoms with Crippen LogP contribution in [0.25, 0.3) is 5.69 Å². The lowest BCUT2D eigenvalue weighted by molar-refractivity contribution is 0.803. The van der Waals surface area contributed by atoms with Crippen LogP contribution in [-0.2, 0) is 0 Å². The fourth-order valence-corrected chi connectivity index (χ4v) is 1.30. The molecule has 5 heteroatoms. The zero-order chi connectivity index (χ0) is 9.97. The Morgan fingerprint density at radius 3 is 2.93 bits per heavy atom. The summed E-state index contributed by atoms with van der Waals surface area (Å²) in [6.07, 6.45) is 3.22. The summed E-state index contributed by atoms with van der Waals surface area (Å²) in [6.45, 7) is 0. The molecule has 0 fully saturated rings. The third kappa shape index (κ3) is 1.45. The van der Waals surface area contributed by atoms with Crippen molar-refractivity contribution in [1.29, 1.82) is 5.26 Å². The maximum Gasteiger partial charge on any atom is 0.0992 e. The molecule has 0 bridgehead atoms. The maximum absolute atomic E-state index is 8.71. The topological polar surface area (TPSA) is 54.5 Å². The first-order chi connectivity index (χ1) is 6.81. The SMILES string of the molecule is N#Cc1ccc(Cl)c(-n2ccnn2)c1. The van der Waals surface area contributed by atoms with Crippen LogP contribution in [0.4, 0.5) is 0 Å². The molecule has 1 heterocycles. The van der Waals surface area contributed by atoms with Gasteiger partial charge >= 0.3 is 0 Å². The number of aromatic nitrogens is 3. The molecule has 1 aromatic carbocycles. The first-order valence-corrected chi connectivity index (χ1v) is 4.25. The molecular formula is C9H5ClN4.